The Balaban J connectivity index is 1.68. The summed E-state index contributed by atoms with van der Waals surface area (Å²) in [6, 6.07) is 4.58. The Hall–Kier alpha value is -2.96. The third-order valence-electron chi connectivity index (χ3n) is 6.72. The summed E-state index contributed by atoms with van der Waals surface area (Å²) in [5.74, 6) is -0.833. The summed E-state index contributed by atoms with van der Waals surface area (Å²) >= 11 is 0. The highest BCUT2D eigenvalue weighted by atomic mass is 32.2. The predicted molar refractivity (Wildman–Crippen MR) is 134 cm³/mol. The molecule has 7 N–H and O–H groups in total. The molecule has 0 radical (unpaired) electrons. The molecule has 1 saturated carbocycles. The van der Waals surface area contributed by atoms with Gasteiger partial charge >= 0.3 is 0 Å². The van der Waals surface area contributed by atoms with Gasteiger partial charge in [0.2, 0.25) is 16.0 Å². The molecule has 2 atom stereocenters. The fourth-order valence-electron chi connectivity index (χ4n) is 4.65. The number of carbonyl (C=O) groups excluding carboxylic acids is 1. The number of amides is 1. The van der Waals surface area contributed by atoms with Crippen LogP contribution in [0, 0.1) is 6.92 Å². The molecule has 1 aromatic carbocycles. The molecule has 0 spiro atoms. The summed E-state index contributed by atoms with van der Waals surface area (Å²) in [4.78, 5) is 31.9. The molecule has 1 aliphatic carbocycles. The topological polar surface area (TPSA) is 176 Å². The van der Waals surface area contributed by atoms with Crippen molar-refractivity contribution in [3.05, 3.63) is 39.7 Å². The van der Waals surface area contributed by atoms with Crippen molar-refractivity contribution in [1.82, 2.24) is 14.3 Å². The predicted octanol–water partition coefficient (Wildman–Crippen LogP) is 1.78. The molecular weight excluding hydrogens is 470 g/mol. The van der Waals surface area contributed by atoms with Crippen molar-refractivity contribution in [2.75, 3.05) is 23.7 Å². The molecule has 2 aromatic rings. The zero-order valence-corrected chi connectivity index (χ0v) is 20.7. The molecule has 1 aromatic heterocycles. The van der Waals surface area contributed by atoms with Crippen molar-refractivity contribution in [3.8, 4) is 0 Å². The first-order chi connectivity index (χ1) is 16.7. The Morgan fingerprint density at radius 3 is 2.54 bits per heavy atom. The second kappa shape index (κ2) is 10.3. The number of aromatic nitrogens is 2. The SMILES string of the molecule is Cc1ccc(S(=O)(=O)N2CCCCC2)cc1Nc1nc(N[C@H]2CCCC[C@@H]2N)[nH]c(=O)c1C(N)=O. The molecule has 11 nitrogen and oxygen atoms in total. The minimum Gasteiger partial charge on any atom is -0.365 e. The number of anilines is 3. The molecule has 0 unspecified atom stereocenters. The van der Waals surface area contributed by atoms with Crippen LogP contribution in [0.25, 0.3) is 0 Å². The number of hydrogen-bond acceptors (Lipinski definition) is 8. The fourth-order valence-corrected chi connectivity index (χ4v) is 6.20. The average Bonchev–Trinajstić information content (AvgIpc) is 2.82. The third-order valence-corrected chi connectivity index (χ3v) is 8.62. The van der Waals surface area contributed by atoms with E-state index in [1.54, 1.807) is 19.1 Å². The highest BCUT2D eigenvalue weighted by Gasteiger charge is 2.27. The number of nitrogens with two attached hydrogens (primary N) is 2. The highest BCUT2D eigenvalue weighted by Crippen LogP contribution is 2.28. The van der Waals surface area contributed by atoms with Crippen LogP contribution in [0.1, 0.15) is 60.9 Å². The van der Waals surface area contributed by atoms with Crippen molar-refractivity contribution in [2.24, 2.45) is 11.5 Å². The molecule has 1 amide bonds. The zero-order chi connectivity index (χ0) is 25.2. The number of carbonyl (C=O) groups is 1. The molecule has 2 heterocycles. The lowest BCUT2D eigenvalue weighted by atomic mass is 9.91. The Kier molecular flexibility index (Phi) is 7.43. The first kappa shape index (κ1) is 25.1. The van der Waals surface area contributed by atoms with E-state index >= 15 is 0 Å². The van der Waals surface area contributed by atoms with E-state index in [0.717, 1.165) is 44.9 Å². The molecule has 2 aliphatic rings. The lowest BCUT2D eigenvalue weighted by molar-refractivity contribution is 0.0999. The summed E-state index contributed by atoms with van der Waals surface area (Å²) in [5.41, 5.74) is 11.8. The van der Waals surface area contributed by atoms with Gasteiger partial charge in [0, 0.05) is 30.9 Å². The number of aryl methyl sites for hydroxylation is 1. The normalized spacial score (nSPS) is 21.4. The van der Waals surface area contributed by atoms with Crippen molar-refractivity contribution in [2.45, 2.75) is 68.8 Å². The van der Waals surface area contributed by atoms with E-state index < -0.39 is 21.5 Å². The Morgan fingerprint density at radius 2 is 1.86 bits per heavy atom. The molecule has 1 aliphatic heterocycles. The van der Waals surface area contributed by atoms with Crippen LogP contribution in [0.4, 0.5) is 17.5 Å². The van der Waals surface area contributed by atoms with Gasteiger partial charge in [0.05, 0.1) is 4.90 Å². The maximum absolute atomic E-state index is 13.2. The third kappa shape index (κ3) is 5.49. The lowest BCUT2D eigenvalue weighted by Gasteiger charge is -2.29. The molecular formula is C23H33N7O4S. The fraction of sp³-hybridized carbons (Fsp3) is 0.522. The van der Waals surface area contributed by atoms with Crippen LogP contribution >= 0.6 is 0 Å². The highest BCUT2D eigenvalue weighted by molar-refractivity contribution is 7.89. The van der Waals surface area contributed by atoms with Crippen molar-refractivity contribution in [3.63, 3.8) is 0 Å². The molecule has 4 rings (SSSR count). The maximum atomic E-state index is 13.2. The summed E-state index contributed by atoms with van der Waals surface area (Å²) in [6.45, 7) is 2.76. The standard InChI is InChI=1S/C23H33N7O4S/c1-14-9-10-15(35(33,34)30-11-5-2-6-12-30)13-18(14)26-21-19(20(25)31)22(32)29-23(28-21)27-17-8-4-3-7-16(17)24/h9-10,13,16-17H,2-8,11-12,24H2,1H3,(H2,25,31)(H3,26,27,28,29,32)/t16-,17-/m0/s1. The number of H-pyrrole nitrogens is 1. The lowest BCUT2D eigenvalue weighted by Crippen LogP contribution is -2.43. The molecule has 190 valence electrons. The van der Waals surface area contributed by atoms with E-state index in [-0.39, 0.29) is 34.3 Å². The summed E-state index contributed by atoms with van der Waals surface area (Å²) in [7, 11) is -3.67. The van der Waals surface area contributed by atoms with E-state index in [4.69, 9.17) is 11.5 Å². The van der Waals surface area contributed by atoms with Gasteiger partial charge in [-0.15, -0.1) is 0 Å². The second-order valence-electron chi connectivity index (χ2n) is 9.27. The van der Waals surface area contributed by atoms with Gasteiger partial charge in [-0.1, -0.05) is 25.3 Å². The number of aromatic amines is 1. The smallest absolute Gasteiger partial charge is 0.267 e. The average molecular weight is 504 g/mol. The van der Waals surface area contributed by atoms with E-state index in [1.807, 2.05) is 0 Å². The number of rotatable bonds is 7. The number of nitrogens with zero attached hydrogens (tertiary/aromatic N) is 2. The van der Waals surface area contributed by atoms with E-state index in [2.05, 4.69) is 20.6 Å². The molecule has 1 saturated heterocycles. The monoisotopic (exact) mass is 503 g/mol. The Labute approximate surface area is 204 Å². The van der Waals surface area contributed by atoms with Crippen LogP contribution in [0.15, 0.2) is 27.9 Å². The van der Waals surface area contributed by atoms with E-state index in [9.17, 15) is 18.0 Å². The summed E-state index contributed by atoms with van der Waals surface area (Å²) in [6.07, 6.45) is 6.43. The van der Waals surface area contributed by atoms with Gasteiger partial charge in [-0.2, -0.15) is 9.29 Å². The first-order valence-electron chi connectivity index (χ1n) is 12.0. The van der Waals surface area contributed by atoms with Crippen LogP contribution < -0.4 is 27.7 Å². The van der Waals surface area contributed by atoms with Gasteiger partial charge in [0.15, 0.2) is 5.82 Å². The quantitative estimate of drug-likeness (QED) is 0.380. The van der Waals surface area contributed by atoms with Gasteiger partial charge in [-0.3, -0.25) is 14.6 Å². The number of sulfonamides is 1. The largest absolute Gasteiger partial charge is 0.365 e. The van der Waals surface area contributed by atoms with Crippen LogP contribution in [0.5, 0.6) is 0 Å². The van der Waals surface area contributed by atoms with Crippen LogP contribution in [0.2, 0.25) is 0 Å². The Morgan fingerprint density at radius 1 is 1.14 bits per heavy atom. The minimum atomic E-state index is -3.67. The number of primary amides is 1. The number of hydrogen-bond donors (Lipinski definition) is 5. The Bertz CT molecular complexity index is 1260. The molecule has 12 heteroatoms. The summed E-state index contributed by atoms with van der Waals surface area (Å²) < 4.78 is 27.8. The zero-order valence-electron chi connectivity index (χ0n) is 19.8. The van der Waals surface area contributed by atoms with E-state index in [1.165, 1.54) is 10.4 Å². The number of piperidine rings is 1. The number of benzene rings is 1. The van der Waals surface area contributed by atoms with Crippen molar-refractivity contribution < 1.29 is 13.2 Å². The van der Waals surface area contributed by atoms with Gasteiger partial charge in [0.1, 0.15) is 5.56 Å². The molecule has 2 fully saturated rings. The molecule has 0 bridgehead atoms. The van der Waals surface area contributed by atoms with Crippen LogP contribution in [0.3, 0.4) is 0 Å². The minimum absolute atomic E-state index is 0.0521. The van der Waals surface area contributed by atoms with Gasteiger partial charge in [-0.25, -0.2) is 8.42 Å². The van der Waals surface area contributed by atoms with E-state index in [0.29, 0.717) is 24.3 Å². The van der Waals surface area contributed by atoms with Crippen molar-refractivity contribution >= 4 is 33.4 Å². The first-order valence-corrected chi connectivity index (χ1v) is 13.4. The number of nitrogens with one attached hydrogen (secondary N) is 3. The van der Waals surface area contributed by atoms with Gasteiger partial charge in [-0.05, 0) is 50.3 Å². The van der Waals surface area contributed by atoms with Gasteiger partial charge < -0.3 is 22.1 Å². The maximum Gasteiger partial charge on any atom is 0.267 e. The van der Waals surface area contributed by atoms with Crippen LogP contribution in [-0.4, -0.2) is 53.8 Å². The molecule has 35 heavy (non-hydrogen) atoms. The van der Waals surface area contributed by atoms with Crippen molar-refractivity contribution in [1.29, 1.82) is 0 Å². The van der Waals surface area contributed by atoms with Crippen LogP contribution in [-0.2, 0) is 10.0 Å². The van der Waals surface area contributed by atoms with Gasteiger partial charge in [0.25, 0.3) is 11.5 Å². The second-order valence-corrected chi connectivity index (χ2v) is 11.2. The summed E-state index contributed by atoms with van der Waals surface area (Å²) in [5, 5.41) is 6.15.